The van der Waals surface area contributed by atoms with Crippen molar-refractivity contribution in [2.45, 2.75) is 19.3 Å². The monoisotopic (exact) mass is 263 g/mol. The summed E-state index contributed by atoms with van der Waals surface area (Å²) in [4.78, 5) is 11.8. The van der Waals surface area contributed by atoms with Gasteiger partial charge in [-0.3, -0.25) is 4.79 Å². The van der Waals surface area contributed by atoms with Gasteiger partial charge in [-0.05, 0) is 31.0 Å². The van der Waals surface area contributed by atoms with Gasteiger partial charge in [0.1, 0.15) is 6.61 Å². The van der Waals surface area contributed by atoms with E-state index in [-0.39, 0.29) is 18.4 Å². The zero-order valence-corrected chi connectivity index (χ0v) is 10.6. The summed E-state index contributed by atoms with van der Waals surface area (Å²) < 4.78 is 0. The third kappa shape index (κ3) is 3.04. The van der Waals surface area contributed by atoms with Crippen LogP contribution in [0.1, 0.15) is 24.8 Å². The minimum Gasteiger partial charge on any atom is -0.384 e. The number of carbonyl (C=O) groups is 1. The Kier molecular flexibility index (Phi) is 4.24. The standard InChI is InChI=1S/C14H14ClNO2/c15-12-7-6-10(3-2-8-17)9-13(12)16-14(18)11-4-1-5-11/h6-7,9,11,17H,1,4-5,8H2,(H,16,18). The highest BCUT2D eigenvalue weighted by molar-refractivity contribution is 6.33. The van der Waals surface area contributed by atoms with Gasteiger partial charge in [-0.2, -0.15) is 0 Å². The quantitative estimate of drug-likeness (QED) is 0.805. The maximum atomic E-state index is 11.8. The summed E-state index contributed by atoms with van der Waals surface area (Å²) in [6.45, 7) is -0.188. The number of hydrogen-bond donors (Lipinski definition) is 2. The molecule has 1 aromatic rings. The number of amides is 1. The van der Waals surface area contributed by atoms with E-state index in [4.69, 9.17) is 16.7 Å². The van der Waals surface area contributed by atoms with Crippen LogP contribution in [-0.2, 0) is 4.79 Å². The van der Waals surface area contributed by atoms with E-state index in [9.17, 15) is 4.79 Å². The molecule has 0 heterocycles. The number of aliphatic hydroxyl groups excluding tert-OH is 1. The van der Waals surface area contributed by atoms with Gasteiger partial charge in [0.15, 0.2) is 0 Å². The Morgan fingerprint density at radius 1 is 1.50 bits per heavy atom. The third-order valence-electron chi connectivity index (χ3n) is 3.01. The fraction of sp³-hybridized carbons (Fsp3) is 0.357. The van der Waals surface area contributed by atoms with Crippen molar-refractivity contribution in [3.05, 3.63) is 28.8 Å². The molecule has 1 saturated carbocycles. The molecule has 0 spiro atoms. The molecule has 0 radical (unpaired) electrons. The molecule has 94 valence electrons. The SMILES string of the molecule is O=C(Nc1cc(C#CCO)ccc1Cl)C1CCC1. The van der Waals surface area contributed by atoms with Gasteiger partial charge in [0.25, 0.3) is 0 Å². The van der Waals surface area contributed by atoms with Gasteiger partial charge in [-0.15, -0.1) is 0 Å². The first-order valence-corrected chi connectivity index (χ1v) is 6.28. The van der Waals surface area contributed by atoms with Crippen LogP contribution in [-0.4, -0.2) is 17.6 Å². The Morgan fingerprint density at radius 3 is 2.89 bits per heavy atom. The number of hydrogen-bond acceptors (Lipinski definition) is 2. The third-order valence-corrected chi connectivity index (χ3v) is 3.34. The minimum atomic E-state index is -0.188. The molecule has 2 rings (SSSR count). The van der Waals surface area contributed by atoms with Crippen LogP contribution in [0.25, 0.3) is 0 Å². The Balaban J connectivity index is 2.12. The molecule has 4 heteroatoms. The Morgan fingerprint density at radius 2 is 2.28 bits per heavy atom. The molecule has 0 aromatic heterocycles. The highest BCUT2D eigenvalue weighted by Gasteiger charge is 2.25. The lowest BCUT2D eigenvalue weighted by Crippen LogP contribution is -2.28. The van der Waals surface area contributed by atoms with Crippen molar-refractivity contribution < 1.29 is 9.90 Å². The van der Waals surface area contributed by atoms with E-state index in [1.54, 1.807) is 18.2 Å². The predicted molar refractivity (Wildman–Crippen MR) is 71.4 cm³/mol. The molecule has 0 atom stereocenters. The van der Waals surface area contributed by atoms with Crippen LogP contribution in [0.5, 0.6) is 0 Å². The summed E-state index contributed by atoms with van der Waals surface area (Å²) in [6, 6.07) is 5.17. The summed E-state index contributed by atoms with van der Waals surface area (Å²) in [7, 11) is 0. The van der Waals surface area contributed by atoms with E-state index in [1.165, 1.54) is 0 Å². The molecule has 0 aliphatic heterocycles. The first-order valence-electron chi connectivity index (χ1n) is 5.91. The van der Waals surface area contributed by atoms with Crippen molar-refractivity contribution in [3.8, 4) is 11.8 Å². The molecule has 1 fully saturated rings. The number of rotatable bonds is 2. The zero-order chi connectivity index (χ0) is 13.0. The number of carbonyl (C=O) groups excluding carboxylic acids is 1. The summed E-state index contributed by atoms with van der Waals surface area (Å²) >= 11 is 6.03. The molecular weight excluding hydrogens is 250 g/mol. The second-order valence-corrected chi connectivity index (χ2v) is 4.68. The highest BCUT2D eigenvalue weighted by Crippen LogP contribution is 2.29. The van der Waals surface area contributed by atoms with E-state index >= 15 is 0 Å². The molecule has 1 aliphatic carbocycles. The Labute approximate surface area is 111 Å². The fourth-order valence-corrected chi connectivity index (χ4v) is 1.91. The number of benzene rings is 1. The number of nitrogens with one attached hydrogen (secondary N) is 1. The van der Waals surface area contributed by atoms with Crippen molar-refractivity contribution in [2.24, 2.45) is 5.92 Å². The number of halogens is 1. The lowest BCUT2D eigenvalue weighted by molar-refractivity contribution is -0.122. The van der Waals surface area contributed by atoms with E-state index < -0.39 is 0 Å². The largest absolute Gasteiger partial charge is 0.384 e. The smallest absolute Gasteiger partial charge is 0.227 e. The van der Waals surface area contributed by atoms with Crippen LogP contribution in [0.4, 0.5) is 5.69 Å². The average Bonchev–Trinajstić information content (AvgIpc) is 2.28. The molecule has 1 aromatic carbocycles. The van der Waals surface area contributed by atoms with Gasteiger partial charge in [0.05, 0.1) is 10.7 Å². The maximum absolute atomic E-state index is 11.8. The van der Waals surface area contributed by atoms with Gasteiger partial charge in [-0.25, -0.2) is 0 Å². The van der Waals surface area contributed by atoms with Crippen LogP contribution < -0.4 is 5.32 Å². The topological polar surface area (TPSA) is 49.3 Å². The highest BCUT2D eigenvalue weighted by atomic mass is 35.5. The van der Waals surface area contributed by atoms with Crippen molar-refractivity contribution in [2.75, 3.05) is 11.9 Å². The summed E-state index contributed by atoms with van der Waals surface area (Å²) in [5.41, 5.74) is 1.30. The zero-order valence-electron chi connectivity index (χ0n) is 9.87. The average molecular weight is 264 g/mol. The molecule has 1 aliphatic rings. The summed E-state index contributed by atoms with van der Waals surface area (Å²) in [5.74, 6) is 5.48. The van der Waals surface area contributed by atoms with Crippen molar-refractivity contribution in [1.82, 2.24) is 0 Å². The van der Waals surface area contributed by atoms with Gasteiger partial charge in [0, 0.05) is 11.5 Å². The van der Waals surface area contributed by atoms with Crippen LogP contribution in [0, 0.1) is 17.8 Å². The first kappa shape index (κ1) is 12.9. The maximum Gasteiger partial charge on any atom is 0.227 e. The molecule has 1 amide bonds. The lowest BCUT2D eigenvalue weighted by Gasteiger charge is -2.24. The molecule has 2 N–H and O–H groups in total. The van der Waals surface area contributed by atoms with Crippen molar-refractivity contribution in [1.29, 1.82) is 0 Å². The first-order chi connectivity index (χ1) is 8.70. The summed E-state index contributed by atoms with van der Waals surface area (Å²) in [5, 5.41) is 12.0. The fourth-order valence-electron chi connectivity index (χ4n) is 1.75. The van der Waals surface area contributed by atoms with Gasteiger partial charge < -0.3 is 10.4 Å². The number of anilines is 1. The van der Waals surface area contributed by atoms with E-state index in [0.717, 1.165) is 24.8 Å². The van der Waals surface area contributed by atoms with E-state index in [2.05, 4.69) is 17.2 Å². The molecule has 3 nitrogen and oxygen atoms in total. The van der Waals surface area contributed by atoms with Gasteiger partial charge >= 0.3 is 0 Å². The van der Waals surface area contributed by atoms with Crippen LogP contribution >= 0.6 is 11.6 Å². The van der Waals surface area contributed by atoms with Crippen molar-refractivity contribution in [3.63, 3.8) is 0 Å². The second kappa shape index (κ2) is 5.90. The molecule has 0 bridgehead atoms. The van der Waals surface area contributed by atoms with E-state index in [0.29, 0.717) is 10.7 Å². The molecule has 18 heavy (non-hydrogen) atoms. The van der Waals surface area contributed by atoms with Crippen LogP contribution in [0.2, 0.25) is 5.02 Å². The molecular formula is C14H14ClNO2. The minimum absolute atomic E-state index is 0.0235. The molecule has 0 unspecified atom stereocenters. The van der Waals surface area contributed by atoms with Gasteiger partial charge in [-0.1, -0.05) is 29.9 Å². The van der Waals surface area contributed by atoms with Gasteiger partial charge in [0.2, 0.25) is 5.91 Å². The Hall–Kier alpha value is -1.50. The summed E-state index contributed by atoms with van der Waals surface area (Å²) in [6.07, 6.45) is 3.02. The van der Waals surface area contributed by atoms with Crippen LogP contribution in [0.3, 0.4) is 0 Å². The van der Waals surface area contributed by atoms with Crippen LogP contribution in [0.15, 0.2) is 18.2 Å². The second-order valence-electron chi connectivity index (χ2n) is 4.27. The van der Waals surface area contributed by atoms with E-state index in [1.807, 2.05) is 0 Å². The molecule has 0 saturated heterocycles. The normalized spacial score (nSPS) is 14.3. The lowest BCUT2D eigenvalue weighted by atomic mass is 9.85. The van der Waals surface area contributed by atoms with Crippen molar-refractivity contribution >= 4 is 23.2 Å². The predicted octanol–water partition coefficient (Wildman–Crippen LogP) is 2.42. The Bertz CT molecular complexity index is 512. The number of aliphatic hydroxyl groups is 1.